The summed E-state index contributed by atoms with van der Waals surface area (Å²) in [4.78, 5) is 0. The van der Waals surface area contributed by atoms with Gasteiger partial charge in [0, 0.05) is 12.1 Å². The first kappa shape index (κ1) is 15.1. The molecule has 0 aliphatic heterocycles. The molecular weight excluding hydrogens is 254 g/mol. The third kappa shape index (κ3) is 4.10. The topological polar surface area (TPSA) is 12.0 Å². The highest BCUT2D eigenvalue weighted by molar-refractivity contribution is 5.30. The Morgan fingerprint density at radius 3 is 2.67 bits per heavy atom. The van der Waals surface area contributed by atoms with Crippen LogP contribution in [0.3, 0.4) is 0 Å². The lowest BCUT2D eigenvalue weighted by Gasteiger charge is -2.35. The van der Waals surface area contributed by atoms with Gasteiger partial charge in [-0.25, -0.2) is 0 Å². The van der Waals surface area contributed by atoms with Crippen LogP contribution >= 0.6 is 0 Å². The van der Waals surface area contributed by atoms with Crippen LogP contribution in [0, 0.1) is 11.8 Å². The van der Waals surface area contributed by atoms with Gasteiger partial charge in [-0.05, 0) is 61.5 Å². The predicted octanol–water partition coefficient (Wildman–Crippen LogP) is 4.74. The van der Waals surface area contributed by atoms with E-state index in [0.717, 1.165) is 17.9 Å². The first-order valence-corrected chi connectivity index (χ1v) is 9.03. The average Bonchev–Trinajstić information content (AvgIpc) is 2.47. The molecule has 0 radical (unpaired) electrons. The summed E-state index contributed by atoms with van der Waals surface area (Å²) in [6.07, 6.45) is 10.9. The van der Waals surface area contributed by atoms with Crippen molar-refractivity contribution in [3.05, 3.63) is 35.4 Å². The van der Waals surface area contributed by atoms with Crippen molar-refractivity contribution < 1.29 is 0 Å². The van der Waals surface area contributed by atoms with E-state index in [-0.39, 0.29) is 0 Å². The molecule has 0 saturated heterocycles. The van der Waals surface area contributed by atoms with Gasteiger partial charge in [-0.15, -0.1) is 0 Å². The van der Waals surface area contributed by atoms with Gasteiger partial charge in [-0.3, -0.25) is 0 Å². The third-order valence-electron chi connectivity index (χ3n) is 5.41. The molecule has 1 fully saturated rings. The average molecular weight is 285 g/mol. The lowest BCUT2D eigenvalue weighted by molar-refractivity contribution is 0.234. The highest BCUT2D eigenvalue weighted by Gasteiger charge is 2.26. The largest absolute Gasteiger partial charge is 0.311 e. The fourth-order valence-electron chi connectivity index (χ4n) is 4.50. The minimum atomic E-state index is 0.711. The summed E-state index contributed by atoms with van der Waals surface area (Å²) < 4.78 is 0. The molecule has 2 aliphatic rings. The third-order valence-corrected chi connectivity index (χ3v) is 5.41. The molecule has 0 spiro atoms. The second kappa shape index (κ2) is 6.96. The summed E-state index contributed by atoms with van der Waals surface area (Å²) in [6, 6.07) is 10.5. The van der Waals surface area contributed by atoms with Crippen molar-refractivity contribution in [3.63, 3.8) is 0 Å². The zero-order valence-corrected chi connectivity index (χ0v) is 13.8. The van der Waals surface area contributed by atoms with Crippen LogP contribution in [0.1, 0.15) is 63.5 Å². The molecule has 0 bridgehead atoms. The molecule has 3 unspecified atom stereocenters. The van der Waals surface area contributed by atoms with Crippen LogP contribution in [0.2, 0.25) is 0 Å². The van der Waals surface area contributed by atoms with Crippen LogP contribution in [-0.4, -0.2) is 12.1 Å². The molecule has 0 aromatic heterocycles. The minimum Gasteiger partial charge on any atom is -0.311 e. The summed E-state index contributed by atoms with van der Waals surface area (Å²) >= 11 is 0. The Morgan fingerprint density at radius 2 is 1.86 bits per heavy atom. The van der Waals surface area contributed by atoms with Crippen molar-refractivity contribution in [2.75, 3.05) is 0 Å². The van der Waals surface area contributed by atoms with Crippen molar-refractivity contribution in [1.82, 2.24) is 5.32 Å². The molecule has 1 aromatic rings. The standard InChI is InChI=1S/C20H31N/c1-15(2)12-16-6-5-9-19(13-16)21-20-11-10-17-7-3-4-8-18(17)14-20/h3-4,7-8,15-16,19-21H,5-6,9-14H2,1-2H3. The Balaban J connectivity index is 1.53. The summed E-state index contributed by atoms with van der Waals surface area (Å²) in [5.74, 6) is 1.82. The Bertz CT molecular complexity index is 451. The zero-order chi connectivity index (χ0) is 14.7. The number of hydrogen-bond donors (Lipinski definition) is 1. The number of fused-ring (bicyclic) bond motifs is 1. The maximum Gasteiger partial charge on any atom is 0.0113 e. The molecule has 1 N–H and O–H groups in total. The summed E-state index contributed by atoms with van der Waals surface area (Å²) in [7, 11) is 0. The van der Waals surface area contributed by atoms with Crippen molar-refractivity contribution in [1.29, 1.82) is 0 Å². The Kier molecular flexibility index (Phi) is 5.00. The Labute approximate surface area is 130 Å². The molecule has 3 atom stereocenters. The lowest BCUT2D eigenvalue weighted by Crippen LogP contribution is -2.43. The highest BCUT2D eigenvalue weighted by Crippen LogP contribution is 2.30. The number of aryl methyl sites for hydroxylation is 1. The van der Waals surface area contributed by atoms with Gasteiger partial charge in [0.25, 0.3) is 0 Å². The van der Waals surface area contributed by atoms with Crippen LogP contribution in [0.5, 0.6) is 0 Å². The monoisotopic (exact) mass is 285 g/mol. The van der Waals surface area contributed by atoms with E-state index in [1.54, 1.807) is 11.1 Å². The van der Waals surface area contributed by atoms with Gasteiger partial charge in [-0.1, -0.05) is 51.0 Å². The first-order chi connectivity index (χ1) is 10.2. The van der Waals surface area contributed by atoms with E-state index in [1.807, 2.05) is 0 Å². The fraction of sp³-hybridized carbons (Fsp3) is 0.700. The van der Waals surface area contributed by atoms with Gasteiger partial charge >= 0.3 is 0 Å². The lowest BCUT2D eigenvalue weighted by atomic mass is 9.80. The molecule has 1 heteroatoms. The van der Waals surface area contributed by atoms with Crippen molar-refractivity contribution in [2.24, 2.45) is 11.8 Å². The van der Waals surface area contributed by atoms with Gasteiger partial charge in [0.2, 0.25) is 0 Å². The van der Waals surface area contributed by atoms with Gasteiger partial charge in [-0.2, -0.15) is 0 Å². The second-order valence-electron chi connectivity index (χ2n) is 7.73. The Morgan fingerprint density at radius 1 is 1.05 bits per heavy atom. The minimum absolute atomic E-state index is 0.711. The Hall–Kier alpha value is -0.820. The van der Waals surface area contributed by atoms with E-state index in [4.69, 9.17) is 0 Å². The van der Waals surface area contributed by atoms with E-state index in [1.165, 1.54) is 51.4 Å². The highest BCUT2D eigenvalue weighted by atomic mass is 15.0. The van der Waals surface area contributed by atoms with Crippen LogP contribution in [0.25, 0.3) is 0 Å². The van der Waals surface area contributed by atoms with Crippen LogP contribution in [-0.2, 0) is 12.8 Å². The molecule has 0 amide bonds. The van der Waals surface area contributed by atoms with Gasteiger partial charge in [0.1, 0.15) is 0 Å². The molecule has 116 valence electrons. The van der Waals surface area contributed by atoms with Gasteiger partial charge < -0.3 is 5.32 Å². The molecule has 0 heterocycles. The number of rotatable bonds is 4. The summed E-state index contributed by atoms with van der Waals surface area (Å²) in [5, 5.41) is 4.00. The maximum atomic E-state index is 4.00. The maximum absolute atomic E-state index is 4.00. The molecular formula is C20H31N. The summed E-state index contributed by atoms with van der Waals surface area (Å²) in [5.41, 5.74) is 3.16. The zero-order valence-electron chi connectivity index (χ0n) is 13.8. The van der Waals surface area contributed by atoms with Crippen molar-refractivity contribution in [3.8, 4) is 0 Å². The van der Waals surface area contributed by atoms with E-state index in [9.17, 15) is 0 Å². The smallest absolute Gasteiger partial charge is 0.0113 e. The van der Waals surface area contributed by atoms with E-state index in [2.05, 4.69) is 43.4 Å². The molecule has 21 heavy (non-hydrogen) atoms. The number of hydrogen-bond acceptors (Lipinski definition) is 1. The van der Waals surface area contributed by atoms with E-state index in [0.29, 0.717) is 6.04 Å². The number of benzene rings is 1. The molecule has 2 aliphatic carbocycles. The van der Waals surface area contributed by atoms with Crippen LogP contribution in [0.4, 0.5) is 0 Å². The predicted molar refractivity (Wildman–Crippen MR) is 90.6 cm³/mol. The quantitative estimate of drug-likeness (QED) is 0.842. The van der Waals surface area contributed by atoms with Crippen molar-refractivity contribution >= 4 is 0 Å². The number of nitrogens with one attached hydrogen (secondary N) is 1. The second-order valence-corrected chi connectivity index (χ2v) is 7.73. The van der Waals surface area contributed by atoms with E-state index < -0.39 is 0 Å². The normalized spacial score (nSPS) is 29.4. The SMILES string of the molecule is CC(C)CC1CCCC(NC2CCc3ccccc3C2)C1. The van der Waals surface area contributed by atoms with Gasteiger partial charge in [0.05, 0.1) is 0 Å². The van der Waals surface area contributed by atoms with Crippen molar-refractivity contribution in [2.45, 2.75) is 77.3 Å². The van der Waals surface area contributed by atoms with Gasteiger partial charge in [0.15, 0.2) is 0 Å². The molecule has 1 aromatic carbocycles. The van der Waals surface area contributed by atoms with Crippen LogP contribution < -0.4 is 5.32 Å². The first-order valence-electron chi connectivity index (χ1n) is 9.03. The summed E-state index contributed by atoms with van der Waals surface area (Å²) in [6.45, 7) is 4.74. The molecule has 1 saturated carbocycles. The fourth-order valence-corrected chi connectivity index (χ4v) is 4.50. The molecule has 3 rings (SSSR count). The van der Waals surface area contributed by atoms with Crippen LogP contribution in [0.15, 0.2) is 24.3 Å². The van der Waals surface area contributed by atoms with E-state index >= 15 is 0 Å². The molecule has 1 nitrogen and oxygen atoms in total.